The lowest BCUT2D eigenvalue weighted by molar-refractivity contribution is -0.138. The molecule has 2 aromatic carbocycles. The Balaban J connectivity index is 1.99. The Bertz CT molecular complexity index is 1040. The number of carboxylic acids is 1. The van der Waals surface area contributed by atoms with Gasteiger partial charge in [-0.15, -0.1) is 0 Å². The lowest BCUT2D eigenvalue weighted by atomic mass is 9.94. The maximum Gasteiger partial charge on any atom is 0.303 e. The molecule has 0 radical (unpaired) electrons. The maximum atomic E-state index is 13.1. The van der Waals surface area contributed by atoms with Gasteiger partial charge in [0, 0.05) is 18.5 Å². The van der Waals surface area contributed by atoms with Crippen molar-refractivity contribution in [2.24, 2.45) is 0 Å². The molecule has 1 aliphatic heterocycles. The molecule has 160 valence electrons. The fourth-order valence-corrected chi connectivity index (χ4v) is 3.58. The Morgan fingerprint density at radius 1 is 1.10 bits per heavy atom. The first kappa shape index (κ1) is 21.8. The fraction of sp³-hybridized carbons (Fsp3) is 0.208. The van der Waals surface area contributed by atoms with Gasteiger partial charge in [-0.05, 0) is 24.1 Å². The molecule has 0 spiro atoms. The minimum Gasteiger partial charge on any atom is -0.503 e. The summed E-state index contributed by atoms with van der Waals surface area (Å²) in [6.07, 6.45) is 2.97. The molecule has 3 rings (SSSR count). The van der Waals surface area contributed by atoms with Gasteiger partial charge in [0.15, 0.2) is 11.5 Å². The summed E-state index contributed by atoms with van der Waals surface area (Å²) in [7, 11) is 1.48. The molecule has 0 saturated heterocycles. The minimum atomic E-state index is -0.986. The molecule has 0 aliphatic carbocycles. The second kappa shape index (κ2) is 9.75. The van der Waals surface area contributed by atoms with E-state index in [2.05, 4.69) is 0 Å². The summed E-state index contributed by atoms with van der Waals surface area (Å²) in [5, 5.41) is 19.5. The quantitative estimate of drug-likeness (QED) is 0.600. The van der Waals surface area contributed by atoms with E-state index in [1.54, 1.807) is 30.3 Å². The summed E-state index contributed by atoms with van der Waals surface area (Å²) in [6, 6.07) is 15.2. The van der Waals surface area contributed by atoms with Crippen LogP contribution in [0.4, 0.5) is 0 Å². The van der Waals surface area contributed by atoms with Crippen molar-refractivity contribution in [3.05, 3.63) is 83.1 Å². The van der Waals surface area contributed by atoms with Gasteiger partial charge in [0.1, 0.15) is 5.75 Å². The van der Waals surface area contributed by atoms with Crippen LogP contribution in [0.3, 0.4) is 0 Å². The number of ketones is 1. The standard InChI is InChI=1S/C24H23NO6/c1-31-19-11-6-5-10-17(19)22-21(18(26)14-13-16-8-3-2-4-9-16)23(29)24(30)25(22)15-7-12-20(27)28/h2-6,8-11,13-14,22,29H,7,12,15H2,1H3,(H,27,28). The number of ether oxygens (including phenoxy) is 1. The molecule has 0 bridgehead atoms. The smallest absolute Gasteiger partial charge is 0.303 e. The van der Waals surface area contributed by atoms with Gasteiger partial charge in [-0.25, -0.2) is 0 Å². The van der Waals surface area contributed by atoms with Crippen molar-refractivity contribution in [2.75, 3.05) is 13.7 Å². The van der Waals surface area contributed by atoms with Gasteiger partial charge in [-0.3, -0.25) is 14.4 Å². The number of carboxylic acid groups (broad SMARTS) is 1. The van der Waals surface area contributed by atoms with E-state index in [1.807, 2.05) is 30.3 Å². The third-order valence-electron chi connectivity index (χ3n) is 5.02. The zero-order valence-electron chi connectivity index (χ0n) is 17.0. The third-order valence-corrected chi connectivity index (χ3v) is 5.02. The molecule has 1 atom stereocenters. The number of para-hydroxylation sites is 1. The number of aliphatic hydroxyl groups excluding tert-OH is 1. The normalized spacial score (nSPS) is 16.2. The molecular weight excluding hydrogens is 398 g/mol. The van der Waals surface area contributed by atoms with Crippen LogP contribution in [0.25, 0.3) is 6.08 Å². The molecule has 7 nitrogen and oxygen atoms in total. The first-order valence-corrected chi connectivity index (χ1v) is 9.80. The number of benzene rings is 2. The van der Waals surface area contributed by atoms with Gasteiger partial charge in [-0.2, -0.15) is 0 Å². The number of hydrogen-bond donors (Lipinski definition) is 2. The number of aliphatic carboxylic acids is 1. The second-order valence-electron chi connectivity index (χ2n) is 7.01. The van der Waals surface area contributed by atoms with Crippen molar-refractivity contribution < 1.29 is 29.3 Å². The van der Waals surface area contributed by atoms with Crippen LogP contribution < -0.4 is 4.74 Å². The highest BCUT2D eigenvalue weighted by atomic mass is 16.5. The lowest BCUT2D eigenvalue weighted by Crippen LogP contribution is -2.32. The summed E-state index contributed by atoms with van der Waals surface area (Å²) in [6.45, 7) is 0.0666. The van der Waals surface area contributed by atoms with E-state index in [-0.39, 0.29) is 25.0 Å². The van der Waals surface area contributed by atoms with E-state index in [9.17, 15) is 19.5 Å². The van der Waals surface area contributed by atoms with Gasteiger partial charge >= 0.3 is 5.97 Å². The molecule has 1 unspecified atom stereocenters. The van der Waals surface area contributed by atoms with E-state index in [1.165, 1.54) is 18.1 Å². The molecule has 2 aromatic rings. The molecule has 2 N–H and O–H groups in total. The number of amides is 1. The van der Waals surface area contributed by atoms with Crippen LogP contribution in [-0.4, -0.2) is 46.4 Å². The highest BCUT2D eigenvalue weighted by Gasteiger charge is 2.43. The number of nitrogens with zero attached hydrogens (tertiary/aromatic N) is 1. The number of carbonyl (C=O) groups excluding carboxylic acids is 2. The van der Waals surface area contributed by atoms with Crippen molar-refractivity contribution in [2.45, 2.75) is 18.9 Å². The molecular formula is C24H23NO6. The first-order chi connectivity index (χ1) is 14.9. The van der Waals surface area contributed by atoms with Gasteiger partial charge in [0.2, 0.25) is 0 Å². The summed E-state index contributed by atoms with van der Waals surface area (Å²) in [5.74, 6) is -2.38. The highest BCUT2D eigenvalue weighted by molar-refractivity contribution is 6.14. The zero-order chi connectivity index (χ0) is 22.4. The number of carbonyl (C=O) groups is 3. The first-order valence-electron chi connectivity index (χ1n) is 9.80. The van der Waals surface area contributed by atoms with E-state index in [0.29, 0.717) is 11.3 Å². The van der Waals surface area contributed by atoms with E-state index in [0.717, 1.165) is 5.56 Å². The zero-order valence-corrected chi connectivity index (χ0v) is 17.0. The fourth-order valence-electron chi connectivity index (χ4n) is 3.58. The van der Waals surface area contributed by atoms with Gasteiger partial charge < -0.3 is 19.8 Å². The van der Waals surface area contributed by atoms with E-state index < -0.39 is 29.5 Å². The van der Waals surface area contributed by atoms with Crippen LogP contribution in [0.2, 0.25) is 0 Å². The number of methoxy groups -OCH3 is 1. The van der Waals surface area contributed by atoms with Crippen LogP contribution in [0.1, 0.15) is 30.0 Å². The van der Waals surface area contributed by atoms with Gasteiger partial charge in [0.25, 0.3) is 5.91 Å². The molecule has 0 fully saturated rings. The van der Waals surface area contributed by atoms with Crippen molar-refractivity contribution in [3.8, 4) is 5.75 Å². The summed E-state index contributed by atoms with van der Waals surface area (Å²) in [4.78, 5) is 38.1. The Hall–Kier alpha value is -3.87. The van der Waals surface area contributed by atoms with Crippen LogP contribution in [0, 0.1) is 0 Å². The van der Waals surface area contributed by atoms with E-state index in [4.69, 9.17) is 9.84 Å². The number of hydrogen-bond acceptors (Lipinski definition) is 5. The predicted molar refractivity (Wildman–Crippen MR) is 114 cm³/mol. The summed E-state index contributed by atoms with van der Waals surface area (Å²) < 4.78 is 5.41. The SMILES string of the molecule is COc1ccccc1C1C(C(=O)C=Cc2ccccc2)=C(O)C(=O)N1CCCC(=O)O. The summed E-state index contributed by atoms with van der Waals surface area (Å²) >= 11 is 0. The minimum absolute atomic E-state index is 0.0583. The van der Waals surface area contributed by atoms with Crippen LogP contribution in [0.5, 0.6) is 5.75 Å². The van der Waals surface area contributed by atoms with Gasteiger partial charge in [-0.1, -0.05) is 54.6 Å². The Morgan fingerprint density at radius 3 is 2.45 bits per heavy atom. The molecule has 0 saturated carbocycles. The second-order valence-corrected chi connectivity index (χ2v) is 7.01. The lowest BCUT2D eigenvalue weighted by Gasteiger charge is -2.27. The van der Waals surface area contributed by atoms with Crippen molar-refractivity contribution in [3.63, 3.8) is 0 Å². The largest absolute Gasteiger partial charge is 0.503 e. The van der Waals surface area contributed by atoms with Crippen molar-refractivity contribution in [1.82, 2.24) is 4.90 Å². The average molecular weight is 421 g/mol. The number of rotatable bonds is 9. The van der Waals surface area contributed by atoms with Crippen LogP contribution in [-0.2, 0) is 14.4 Å². The molecule has 1 heterocycles. The topological polar surface area (TPSA) is 104 Å². The average Bonchev–Trinajstić information content (AvgIpc) is 3.03. The Morgan fingerprint density at radius 2 is 1.77 bits per heavy atom. The Kier molecular flexibility index (Phi) is 6.87. The number of allylic oxidation sites excluding steroid dienone is 1. The van der Waals surface area contributed by atoms with E-state index >= 15 is 0 Å². The Labute approximate surface area is 179 Å². The highest BCUT2D eigenvalue weighted by Crippen LogP contribution is 2.41. The van der Waals surface area contributed by atoms with Gasteiger partial charge in [0.05, 0.1) is 18.7 Å². The molecule has 1 aliphatic rings. The van der Waals surface area contributed by atoms with Crippen LogP contribution >= 0.6 is 0 Å². The molecule has 1 amide bonds. The predicted octanol–water partition coefficient (Wildman–Crippen LogP) is 3.54. The molecule has 7 heteroatoms. The third kappa shape index (κ3) is 4.83. The monoisotopic (exact) mass is 421 g/mol. The van der Waals surface area contributed by atoms with Crippen molar-refractivity contribution in [1.29, 1.82) is 0 Å². The molecule has 0 aromatic heterocycles. The number of aliphatic hydroxyl groups is 1. The summed E-state index contributed by atoms with van der Waals surface area (Å²) in [5.41, 5.74) is 1.28. The molecule has 31 heavy (non-hydrogen) atoms. The van der Waals surface area contributed by atoms with Crippen LogP contribution in [0.15, 0.2) is 72.0 Å². The maximum absolute atomic E-state index is 13.1. The van der Waals surface area contributed by atoms with Crippen molar-refractivity contribution >= 4 is 23.7 Å².